The second-order valence-electron chi connectivity index (χ2n) is 7.25. The van der Waals surface area contributed by atoms with Gasteiger partial charge in [0.25, 0.3) is 5.92 Å². The molecule has 7 heteroatoms. The molecule has 4 rings (SSSR count). The molecule has 2 aromatic carbocycles. The summed E-state index contributed by atoms with van der Waals surface area (Å²) in [6, 6.07) is 7.25. The van der Waals surface area contributed by atoms with Crippen LogP contribution in [0.4, 0.5) is 17.6 Å². The molecule has 0 radical (unpaired) electrons. The number of nitrogens with zero attached hydrogens (tertiary/aromatic N) is 1. The maximum atomic E-state index is 14.5. The van der Waals surface area contributed by atoms with Crippen molar-refractivity contribution in [1.82, 2.24) is 0 Å². The zero-order valence-electron chi connectivity index (χ0n) is 14.9. The molecule has 2 aromatic rings. The quantitative estimate of drug-likeness (QED) is 0.556. The lowest BCUT2D eigenvalue weighted by Crippen LogP contribution is -2.23. The second-order valence-corrected chi connectivity index (χ2v) is 7.66. The van der Waals surface area contributed by atoms with E-state index in [1.54, 1.807) is 6.07 Å². The Balaban J connectivity index is 1.94. The third-order valence-corrected chi connectivity index (χ3v) is 6.03. The first-order valence-electron chi connectivity index (χ1n) is 8.87. The van der Waals surface area contributed by atoms with Crippen molar-refractivity contribution >= 4 is 11.6 Å². The predicted octanol–water partition coefficient (Wildman–Crippen LogP) is 6.17. The highest BCUT2D eigenvalue weighted by atomic mass is 35.5. The summed E-state index contributed by atoms with van der Waals surface area (Å²) in [5, 5.41) is 9.65. The fourth-order valence-electron chi connectivity index (χ4n) is 4.59. The molecule has 0 spiro atoms. The van der Waals surface area contributed by atoms with Crippen LogP contribution >= 0.6 is 11.6 Å². The van der Waals surface area contributed by atoms with Gasteiger partial charge >= 0.3 is 0 Å². The molecule has 0 unspecified atom stereocenters. The number of methoxy groups -OCH3 is 1. The number of benzene rings is 2. The zero-order valence-corrected chi connectivity index (χ0v) is 15.7. The van der Waals surface area contributed by atoms with Gasteiger partial charge in [-0.25, -0.2) is 17.6 Å². The van der Waals surface area contributed by atoms with Gasteiger partial charge in [0, 0.05) is 30.0 Å². The van der Waals surface area contributed by atoms with E-state index >= 15 is 0 Å². The van der Waals surface area contributed by atoms with Crippen LogP contribution < -0.4 is 0 Å². The summed E-state index contributed by atoms with van der Waals surface area (Å²) in [7, 11) is 1.21. The Morgan fingerprint density at radius 3 is 2.61 bits per heavy atom. The van der Waals surface area contributed by atoms with Crippen LogP contribution in [0.3, 0.4) is 0 Å². The number of nitriles is 1. The summed E-state index contributed by atoms with van der Waals surface area (Å²) >= 11 is 6.21. The lowest BCUT2D eigenvalue weighted by molar-refractivity contribution is -0.114. The number of ether oxygens (including phenoxy) is 1. The van der Waals surface area contributed by atoms with Crippen LogP contribution in [0, 0.1) is 17.1 Å². The van der Waals surface area contributed by atoms with Crippen molar-refractivity contribution in [1.29, 1.82) is 5.26 Å². The molecule has 2 aliphatic rings. The zero-order chi connectivity index (χ0) is 20.2. The van der Waals surface area contributed by atoms with Crippen LogP contribution in [-0.4, -0.2) is 13.0 Å². The molecule has 0 saturated heterocycles. The molecule has 0 saturated carbocycles. The van der Waals surface area contributed by atoms with Crippen molar-refractivity contribution in [2.24, 2.45) is 0 Å². The summed E-state index contributed by atoms with van der Waals surface area (Å²) in [6.07, 6.45) is -2.97. The number of hydrogen-bond donors (Lipinski definition) is 0. The van der Waals surface area contributed by atoms with E-state index in [9.17, 15) is 22.8 Å². The van der Waals surface area contributed by atoms with Gasteiger partial charge in [0.05, 0.1) is 11.6 Å². The molecule has 146 valence electrons. The van der Waals surface area contributed by atoms with Gasteiger partial charge in [-0.3, -0.25) is 0 Å². The highest BCUT2D eigenvalue weighted by Gasteiger charge is 2.50. The first kappa shape index (κ1) is 19.2. The molecule has 0 fully saturated rings. The molecule has 0 N–H and O–H groups in total. The fourth-order valence-corrected chi connectivity index (χ4v) is 4.87. The van der Waals surface area contributed by atoms with E-state index in [4.69, 9.17) is 16.3 Å². The standard InChI is InChI=1S/C21H16ClF4NO/c1-28-20-19-15(8-21(20,25)26)12(2-4-16(19)22)13-3-5-17(24)14-7-11(23)6-10(9-27)18(13)14/h2,4,6-7,13,17,20H,3,5,8H2,1H3/t13-,17+,20+/m1/s1. The number of rotatable bonds is 2. The molecule has 0 amide bonds. The highest BCUT2D eigenvalue weighted by Crippen LogP contribution is 2.53. The average molecular weight is 410 g/mol. The van der Waals surface area contributed by atoms with E-state index in [1.807, 2.05) is 6.07 Å². The molecule has 0 bridgehead atoms. The van der Waals surface area contributed by atoms with Gasteiger partial charge in [-0.05, 0) is 53.3 Å². The predicted molar refractivity (Wildman–Crippen MR) is 95.9 cm³/mol. The molecular weight excluding hydrogens is 394 g/mol. The van der Waals surface area contributed by atoms with Gasteiger partial charge < -0.3 is 4.74 Å². The van der Waals surface area contributed by atoms with Crippen LogP contribution in [0.5, 0.6) is 0 Å². The summed E-state index contributed by atoms with van der Waals surface area (Å²) in [5.41, 5.74) is 1.68. The van der Waals surface area contributed by atoms with Gasteiger partial charge in [0.1, 0.15) is 18.1 Å². The Hall–Kier alpha value is -2.10. The van der Waals surface area contributed by atoms with Crippen molar-refractivity contribution in [3.8, 4) is 6.07 Å². The third-order valence-electron chi connectivity index (χ3n) is 5.70. The fraction of sp³-hybridized carbons (Fsp3) is 0.381. The Labute approximate surface area is 164 Å². The van der Waals surface area contributed by atoms with Crippen LogP contribution in [0.25, 0.3) is 0 Å². The van der Waals surface area contributed by atoms with E-state index in [0.29, 0.717) is 23.1 Å². The highest BCUT2D eigenvalue weighted by molar-refractivity contribution is 6.31. The molecule has 0 aromatic heterocycles. The van der Waals surface area contributed by atoms with Crippen molar-refractivity contribution in [2.45, 2.75) is 43.4 Å². The molecule has 28 heavy (non-hydrogen) atoms. The van der Waals surface area contributed by atoms with Crippen molar-refractivity contribution < 1.29 is 22.3 Å². The first-order valence-corrected chi connectivity index (χ1v) is 9.25. The van der Waals surface area contributed by atoms with E-state index < -0.39 is 36.4 Å². The Morgan fingerprint density at radius 1 is 1.18 bits per heavy atom. The minimum Gasteiger partial charge on any atom is -0.370 e. The van der Waals surface area contributed by atoms with Crippen LogP contribution in [0.2, 0.25) is 5.02 Å². The SMILES string of the molecule is CO[C@H]1c2c(Cl)ccc([C@H]3CC[C@H](F)c4cc(F)cc(C#N)c43)c2CC1(F)F. The van der Waals surface area contributed by atoms with Crippen LogP contribution in [-0.2, 0) is 11.2 Å². The molecule has 0 aliphatic heterocycles. The largest absolute Gasteiger partial charge is 0.370 e. The topological polar surface area (TPSA) is 33.0 Å². The maximum Gasteiger partial charge on any atom is 0.281 e. The summed E-state index contributed by atoms with van der Waals surface area (Å²) in [5.74, 6) is -4.31. The van der Waals surface area contributed by atoms with Crippen LogP contribution in [0.1, 0.15) is 64.4 Å². The minimum absolute atomic E-state index is 0.0269. The Bertz CT molecular complexity index is 1000. The number of hydrogen-bond acceptors (Lipinski definition) is 2. The molecule has 2 aliphatic carbocycles. The maximum absolute atomic E-state index is 14.5. The van der Waals surface area contributed by atoms with Gasteiger partial charge in [0.2, 0.25) is 0 Å². The molecule has 3 atom stereocenters. The monoisotopic (exact) mass is 409 g/mol. The lowest BCUT2D eigenvalue weighted by atomic mass is 9.74. The first-order chi connectivity index (χ1) is 13.3. The van der Waals surface area contributed by atoms with Gasteiger partial charge in [-0.15, -0.1) is 0 Å². The Kier molecular flexibility index (Phi) is 4.64. The van der Waals surface area contributed by atoms with Crippen LogP contribution in [0.15, 0.2) is 24.3 Å². The van der Waals surface area contributed by atoms with Crippen molar-refractivity contribution in [3.63, 3.8) is 0 Å². The Morgan fingerprint density at radius 2 is 1.93 bits per heavy atom. The minimum atomic E-state index is -3.13. The average Bonchev–Trinajstić information content (AvgIpc) is 2.93. The summed E-state index contributed by atoms with van der Waals surface area (Å²) < 4.78 is 62.5. The van der Waals surface area contributed by atoms with Crippen molar-refractivity contribution in [2.75, 3.05) is 7.11 Å². The van der Waals surface area contributed by atoms with Gasteiger partial charge in [-0.2, -0.15) is 5.26 Å². The van der Waals surface area contributed by atoms with Gasteiger partial charge in [-0.1, -0.05) is 17.7 Å². The van der Waals surface area contributed by atoms with Crippen molar-refractivity contribution in [3.05, 3.63) is 68.5 Å². The molecule has 0 heterocycles. The van der Waals surface area contributed by atoms with Gasteiger partial charge in [0.15, 0.2) is 0 Å². The molecular formula is C21H16ClF4NO. The number of fused-ring (bicyclic) bond motifs is 2. The summed E-state index contributed by atoms with van der Waals surface area (Å²) in [6.45, 7) is 0. The smallest absolute Gasteiger partial charge is 0.281 e. The third kappa shape index (κ3) is 2.80. The molecule has 2 nitrogen and oxygen atoms in total. The summed E-state index contributed by atoms with van der Waals surface area (Å²) in [4.78, 5) is 0. The van der Waals surface area contributed by atoms with E-state index in [-0.39, 0.29) is 28.1 Å². The number of alkyl halides is 3. The lowest BCUT2D eigenvalue weighted by Gasteiger charge is -2.30. The normalized spacial score (nSPS) is 25.1. The van der Waals surface area contributed by atoms with E-state index in [2.05, 4.69) is 0 Å². The van der Waals surface area contributed by atoms with E-state index in [0.717, 1.165) is 12.1 Å². The van der Waals surface area contributed by atoms with E-state index in [1.165, 1.54) is 13.2 Å². The second kappa shape index (κ2) is 6.75. The number of halogens is 5.